The molecule has 0 spiro atoms. The summed E-state index contributed by atoms with van der Waals surface area (Å²) in [5.74, 6) is -0.258. The average Bonchev–Trinajstić information content (AvgIpc) is 3.57. The van der Waals surface area contributed by atoms with E-state index < -0.39 is 29.8 Å². The molecule has 1 saturated heterocycles. The Labute approximate surface area is 235 Å². The number of halogens is 1. The SMILES string of the molecule is CNC(C)C(=O)OC(C(=O)N1CCCC1C1=N[C@](C)(Cc2cccc(Cl)c2)CO1)C(C)OCc1ccccc1. The molecule has 2 heterocycles. The van der Waals surface area contributed by atoms with E-state index in [9.17, 15) is 9.59 Å². The summed E-state index contributed by atoms with van der Waals surface area (Å²) in [5.41, 5.74) is 1.59. The smallest absolute Gasteiger partial charge is 0.323 e. The third-order valence-corrected chi connectivity index (χ3v) is 7.50. The molecule has 5 atom stereocenters. The summed E-state index contributed by atoms with van der Waals surface area (Å²) in [7, 11) is 1.67. The fraction of sp³-hybridized carbons (Fsp3) is 0.500. The van der Waals surface area contributed by atoms with Gasteiger partial charge in [-0.25, -0.2) is 4.99 Å². The number of rotatable bonds is 11. The average molecular weight is 556 g/mol. The molecule has 2 aromatic rings. The van der Waals surface area contributed by atoms with E-state index in [-0.39, 0.29) is 11.9 Å². The standard InChI is InChI=1S/C30H38ClN3O5/c1-20(32-4)29(36)39-26(21(2)37-18-22-10-6-5-7-11-22)28(35)34-15-9-14-25(34)27-33-30(3,19-38-27)17-23-12-8-13-24(31)16-23/h5-8,10-13,16,20-21,25-26,32H,9,14-15,17-19H2,1-4H3/t20?,21?,25?,26?,30-/m1/s1. The monoisotopic (exact) mass is 555 g/mol. The van der Waals surface area contributed by atoms with Gasteiger partial charge in [-0.05, 0) is 63.9 Å². The first-order valence-electron chi connectivity index (χ1n) is 13.5. The minimum atomic E-state index is -1.10. The Morgan fingerprint density at radius 2 is 1.92 bits per heavy atom. The van der Waals surface area contributed by atoms with Crippen LogP contribution in [-0.4, -0.2) is 72.7 Å². The van der Waals surface area contributed by atoms with Gasteiger partial charge in [0.15, 0.2) is 0 Å². The van der Waals surface area contributed by atoms with Crippen LogP contribution in [-0.2, 0) is 36.8 Å². The highest BCUT2D eigenvalue weighted by Gasteiger charge is 2.44. The van der Waals surface area contributed by atoms with Crippen molar-refractivity contribution in [1.29, 1.82) is 0 Å². The Hall–Kier alpha value is -2.94. The molecule has 1 amide bonds. The van der Waals surface area contributed by atoms with Crippen LogP contribution in [0.25, 0.3) is 0 Å². The van der Waals surface area contributed by atoms with Crippen molar-refractivity contribution in [2.45, 2.75) is 76.5 Å². The predicted octanol–water partition coefficient (Wildman–Crippen LogP) is 4.19. The van der Waals surface area contributed by atoms with E-state index in [4.69, 9.17) is 30.8 Å². The van der Waals surface area contributed by atoms with Gasteiger partial charge in [-0.15, -0.1) is 0 Å². The zero-order chi connectivity index (χ0) is 28.0. The van der Waals surface area contributed by atoms with Gasteiger partial charge in [-0.3, -0.25) is 9.59 Å². The van der Waals surface area contributed by atoms with Crippen LogP contribution in [0.5, 0.6) is 0 Å². The van der Waals surface area contributed by atoms with Crippen molar-refractivity contribution < 1.29 is 23.8 Å². The van der Waals surface area contributed by atoms with Crippen molar-refractivity contribution in [3.8, 4) is 0 Å². The Kier molecular flexibility index (Phi) is 9.64. The van der Waals surface area contributed by atoms with Gasteiger partial charge in [-0.1, -0.05) is 54.1 Å². The molecule has 210 valence electrons. The second kappa shape index (κ2) is 12.9. The zero-order valence-corrected chi connectivity index (χ0v) is 23.8. The molecule has 0 aromatic heterocycles. The summed E-state index contributed by atoms with van der Waals surface area (Å²) >= 11 is 6.18. The number of carbonyl (C=O) groups excluding carboxylic acids is 2. The van der Waals surface area contributed by atoms with Crippen LogP contribution < -0.4 is 5.32 Å². The summed E-state index contributed by atoms with van der Waals surface area (Å²) in [4.78, 5) is 33.3. The molecule has 1 N–H and O–H groups in total. The number of nitrogens with zero attached hydrogens (tertiary/aromatic N) is 2. The number of benzene rings is 2. The van der Waals surface area contributed by atoms with Crippen LogP contribution in [0.15, 0.2) is 59.6 Å². The Morgan fingerprint density at radius 3 is 2.64 bits per heavy atom. The van der Waals surface area contributed by atoms with Crippen LogP contribution in [0.3, 0.4) is 0 Å². The van der Waals surface area contributed by atoms with E-state index in [1.807, 2.05) is 61.5 Å². The number of nitrogens with one attached hydrogen (secondary N) is 1. The lowest BCUT2D eigenvalue weighted by molar-refractivity contribution is -0.171. The minimum Gasteiger partial charge on any atom is -0.477 e. The Bertz CT molecular complexity index is 1180. The highest BCUT2D eigenvalue weighted by atomic mass is 35.5. The molecule has 8 nitrogen and oxygen atoms in total. The van der Waals surface area contributed by atoms with E-state index >= 15 is 0 Å². The number of hydrogen-bond acceptors (Lipinski definition) is 7. The molecule has 1 fully saturated rings. The Morgan fingerprint density at radius 1 is 1.18 bits per heavy atom. The molecule has 2 aliphatic rings. The first-order valence-corrected chi connectivity index (χ1v) is 13.9. The van der Waals surface area contributed by atoms with Crippen molar-refractivity contribution in [2.75, 3.05) is 20.2 Å². The van der Waals surface area contributed by atoms with E-state index in [0.717, 1.165) is 24.0 Å². The molecule has 2 aromatic carbocycles. The maximum atomic E-state index is 13.9. The van der Waals surface area contributed by atoms with E-state index in [2.05, 4.69) is 5.32 Å². The zero-order valence-electron chi connectivity index (χ0n) is 23.1. The second-order valence-electron chi connectivity index (χ2n) is 10.6. The molecule has 4 rings (SSSR count). The maximum absolute atomic E-state index is 13.9. The van der Waals surface area contributed by atoms with Gasteiger partial charge in [0.2, 0.25) is 12.0 Å². The second-order valence-corrected chi connectivity index (χ2v) is 11.0. The molecule has 0 bridgehead atoms. The molecular weight excluding hydrogens is 518 g/mol. The summed E-state index contributed by atoms with van der Waals surface area (Å²) < 4.78 is 17.9. The van der Waals surface area contributed by atoms with Gasteiger partial charge in [0, 0.05) is 18.0 Å². The lowest BCUT2D eigenvalue weighted by Crippen LogP contribution is -2.52. The summed E-state index contributed by atoms with van der Waals surface area (Å²) in [6.07, 6.45) is 0.440. The number of likely N-dealkylation sites (N-methyl/N-ethyl adjacent to an activating group) is 1. The quantitative estimate of drug-likeness (QED) is 0.418. The molecular formula is C30H38ClN3O5. The highest BCUT2D eigenvalue weighted by molar-refractivity contribution is 6.30. The molecule has 2 aliphatic heterocycles. The number of amides is 1. The summed E-state index contributed by atoms with van der Waals surface area (Å²) in [5, 5.41) is 3.56. The van der Waals surface area contributed by atoms with Crippen molar-refractivity contribution in [1.82, 2.24) is 10.2 Å². The van der Waals surface area contributed by atoms with Crippen molar-refractivity contribution in [2.24, 2.45) is 4.99 Å². The van der Waals surface area contributed by atoms with Gasteiger partial charge < -0.3 is 24.4 Å². The molecule has 39 heavy (non-hydrogen) atoms. The number of hydrogen-bond donors (Lipinski definition) is 1. The molecule has 0 saturated carbocycles. The van der Waals surface area contributed by atoms with E-state index in [1.165, 1.54) is 0 Å². The largest absolute Gasteiger partial charge is 0.477 e. The normalized spacial score (nSPS) is 23.1. The third kappa shape index (κ3) is 7.38. The van der Waals surface area contributed by atoms with Crippen LogP contribution >= 0.6 is 11.6 Å². The highest BCUT2D eigenvalue weighted by Crippen LogP contribution is 2.30. The van der Waals surface area contributed by atoms with Crippen molar-refractivity contribution in [3.05, 3.63) is 70.7 Å². The summed E-state index contributed by atoms with van der Waals surface area (Å²) in [6.45, 7) is 6.75. The number of aliphatic imine (C=N–C) groups is 1. The third-order valence-electron chi connectivity index (χ3n) is 7.26. The fourth-order valence-electron chi connectivity index (χ4n) is 4.94. The molecule has 0 aliphatic carbocycles. The van der Waals surface area contributed by atoms with Crippen molar-refractivity contribution >= 4 is 29.4 Å². The topological polar surface area (TPSA) is 89.5 Å². The predicted molar refractivity (Wildman–Crippen MR) is 151 cm³/mol. The van der Waals surface area contributed by atoms with Gasteiger partial charge in [0.05, 0.1) is 12.1 Å². The first-order chi connectivity index (χ1) is 18.7. The Balaban J connectivity index is 1.50. The van der Waals surface area contributed by atoms with Gasteiger partial charge in [-0.2, -0.15) is 0 Å². The van der Waals surface area contributed by atoms with Crippen LogP contribution in [0.1, 0.15) is 44.7 Å². The van der Waals surface area contributed by atoms with Crippen molar-refractivity contribution in [3.63, 3.8) is 0 Å². The molecule has 0 radical (unpaired) electrons. The minimum absolute atomic E-state index is 0.298. The van der Waals surface area contributed by atoms with Crippen LogP contribution in [0.4, 0.5) is 0 Å². The lowest BCUT2D eigenvalue weighted by Gasteiger charge is -2.31. The van der Waals surface area contributed by atoms with Gasteiger partial charge in [0.1, 0.15) is 24.8 Å². The summed E-state index contributed by atoms with van der Waals surface area (Å²) in [6, 6.07) is 16.5. The van der Waals surface area contributed by atoms with Gasteiger partial charge >= 0.3 is 5.97 Å². The first kappa shape index (κ1) is 29.1. The van der Waals surface area contributed by atoms with E-state index in [0.29, 0.717) is 37.1 Å². The maximum Gasteiger partial charge on any atom is 0.323 e. The van der Waals surface area contributed by atoms with E-state index in [1.54, 1.807) is 25.8 Å². The number of esters is 1. The number of ether oxygens (including phenoxy) is 3. The fourth-order valence-corrected chi connectivity index (χ4v) is 5.15. The van der Waals surface area contributed by atoms with Gasteiger partial charge in [0.25, 0.3) is 5.91 Å². The van der Waals surface area contributed by atoms with Crippen LogP contribution in [0, 0.1) is 0 Å². The molecule has 4 unspecified atom stereocenters. The molecule has 9 heteroatoms. The number of carbonyl (C=O) groups is 2. The lowest BCUT2D eigenvalue weighted by atomic mass is 9.95. The van der Waals surface area contributed by atoms with Crippen LogP contribution in [0.2, 0.25) is 5.02 Å². The number of likely N-dealkylation sites (tertiary alicyclic amines) is 1.